The lowest BCUT2D eigenvalue weighted by Gasteiger charge is -2.42. The van der Waals surface area contributed by atoms with Gasteiger partial charge in [-0.2, -0.15) is 0 Å². The average Bonchev–Trinajstić information content (AvgIpc) is 3.19. The SMILES string of the molecule is CC(=O)N[C@@H]1[C@@H](O)[C@H](O)[C@@H](CO)O[C@H]1n1cc([C@H]2O[C@H](CO)[C@@H](O)[C@H](O)[C@@H]2O)nn1. The van der Waals surface area contributed by atoms with Gasteiger partial charge in [0.05, 0.1) is 19.4 Å². The van der Waals surface area contributed by atoms with Crippen molar-refractivity contribution in [2.24, 2.45) is 0 Å². The Labute approximate surface area is 170 Å². The van der Waals surface area contributed by atoms with Crippen molar-refractivity contribution in [3.8, 4) is 0 Å². The Hall–Kier alpha value is -1.75. The second-order valence-corrected chi connectivity index (χ2v) is 7.33. The zero-order chi connectivity index (χ0) is 22.2. The van der Waals surface area contributed by atoms with Gasteiger partial charge in [-0.05, 0) is 0 Å². The Morgan fingerprint density at radius 3 is 2.20 bits per heavy atom. The van der Waals surface area contributed by atoms with Gasteiger partial charge in [-0.15, -0.1) is 5.10 Å². The van der Waals surface area contributed by atoms with Crippen molar-refractivity contribution in [2.75, 3.05) is 13.2 Å². The molecule has 0 unspecified atom stereocenters. The van der Waals surface area contributed by atoms with Crippen LogP contribution in [-0.4, -0.2) is 119 Å². The number of carbonyl (C=O) groups is 1. The van der Waals surface area contributed by atoms with Crippen molar-refractivity contribution in [3.05, 3.63) is 11.9 Å². The average molecular weight is 434 g/mol. The molecular weight excluding hydrogens is 408 g/mol. The minimum absolute atomic E-state index is 0.0123. The fourth-order valence-corrected chi connectivity index (χ4v) is 3.61. The Balaban J connectivity index is 1.88. The van der Waals surface area contributed by atoms with Crippen LogP contribution >= 0.6 is 0 Å². The topological polar surface area (TPSA) is 220 Å². The lowest BCUT2D eigenvalue weighted by molar-refractivity contribution is -0.232. The van der Waals surface area contributed by atoms with Crippen LogP contribution in [-0.2, 0) is 14.3 Å². The van der Waals surface area contributed by atoms with E-state index in [1.165, 1.54) is 13.1 Å². The third-order valence-corrected chi connectivity index (χ3v) is 5.24. The van der Waals surface area contributed by atoms with Crippen LogP contribution in [0.1, 0.15) is 24.9 Å². The highest BCUT2D eigenvalue weighted by molar-refractivity contribution is 5.73. The summed E-state index contributed by atoms with van der Waals surface area (Å²) in [5, 5.41) is 79.4. The predicted molar refractivity (Wildman–Crippen MR) is 93.4 cm³/mol. The van der Waals surface area contributed by atoms with E-state index >= 15 is 0 Å². The highest BCUT2D eigenvalue weighted by atomic mass is 16.6. The third-order valence-electron chi connectivity index (χ3n) is 5.24. The van der Waals surface area contributed by atoms with Crippen LogP contribution in [0.25, 0.3) is 0 Å². The van der Waals surface area contributed by atoms with E-state index in [1.807, 2.05) is 0 Å². The minimum Gasteiger partial charge on any atom is -0.394 e. The molecular formula is C16H26N4O10. The summed E-state index contributed by atoms with van der Waals surface area (Å²) in [6.07, 6.45) is -11.2. The van der Waals surface area contributed by atoms with Gasteiger partial charge < -0.3 is 50.5 Å². The van der Waals surface area contributed by atoms with E-state index in [1.54, 1.807) is 0 Å². The summed E-state index contributed by atoms with van der Waals surface area (Å²) in [6.45, 7) is -0.0288. The van der Waals surface area contributed by atoms with Crippen LogP contribution < -0.4 is 5.32 Å². The molecule has 2 fully saturated rings. The first-order chi connectivity index (χ1) is 14.2. The number of nitrogens with zero attached hydrogens (tertiary/aromatic N) is 3. The van der Waals surface area contributed by atoms with Crippen molar-refractivity contribution in [2.45, 2.75) is 68.0 Å². The van der Waals surface area contributed by atoms with E-state index in [4.69, 9.17) is 9.47 Å². The van der Waals surface area contributed by atoms with Crippen LogP contribution in [0.2, 0.25) is 0 Å². The van der Waals surface area contributed by atoms with E-state index in [9.17, 15) is 40.5 Å². The fourth-order valence-electron chi connectivity index (χ4n) is 3.61. The lowest BCUT2D eigenvalue weighted by atomic mass is 9.94. The highest BCUT2D eigenvalue weighted by Crippen LogP contribution is 2.33. The Bertz CT molecular complexity index is 733. The molecule has 14 heteroatoms. The first-order valence-electron chi connectivity index (χ1n) is 9.31. The summed E-state index contributed by atoms with van der Waals surface area (Å²) in [5.41, 5.74) is 0.0123. The quantitative estimate of drug-likeness (QED) is 0.218. The van der Waals surface area contributed by atoms with Crippen LogP contribution in [0.15, 0.2) is 6.20 Å². The van der Waals surface area contributed by atoms with Crippen LogP contribution in [0.3, 0.4) is 0 Å². The molecule has 0 saturated carbocycles. The largest absolute Gasteiger partial charge is 0.394 e. The van der Waals surface area contributed by atoms with E-state index in [2.05, 4.69) is 15.6 Å². The molecule has 8 N–H and O–H groups in total. The molecule has 10 atom stereocenters. The molecule has 1 aromatic rings. The number of aliphatic hydroxyl groups excluding tert-OH is 7. The van der Waals surface area contributed by atoms with Crippen molar-refractivity contribution in [1.82, 2.24) is 20.3 Å². The number of amides is 1. The number of aliphatic hydroxyl groups is 7. The van der Waals surface area contributed by atoms with Crippen molar-refractivity contribution in [1.29, 1.82) is 0 Å². The molecule has 1 aromatic heterocycles. The van der Waals surface area contributed by atoms with Crippen LogP contribution in [0, 0.1) is 0 Å². The number of nitrogens with one attached hydrogen (secondary N) is 1. The molecule has 1 amide bonds. The number of carbonyl (C=O) groups excluding carboxylic acids is 1. The zero-order valence-corrected chi connectivity index (χ0v) is 16.0. The normalized spacial score (nSPS) is 42.1. The molecule has 0 bridgehead atoms. The monoisotopic (exact) mass is 434 g/mol. The van der Waals surface area contributed by atoms with Crippen molar-refractivity contribution in [3.63, 3.8) is 0 Å². The number of hydrogen-bond acceptors (Lipinski definition) is 12. The third kappa shape index (κ3) is 4.18. The summed E-state index contributed by atoms with van der Waals surface area (Å²) >= 11 is 0. The summed E-state index contributed by atoms with van der Waals surface area (Å²) in [5.74, 6) is -0.517. The minimum atomic E-state index is -1.61. The summed E-state index contributed by atoms with van der Waals surface area (Å²) in [7, 11) is 0. The van der Waals surface area contributed by atoms with Gasteiger partial charge in [-0.3, -0.25) is 4.79 Å². The maximum Gasteiger partial charge on any atom is 0.217 e. The first-order valence-corrected chi connectivity index (χ1v) is 9.31. The van der Waals surface area contributed by atoms with E-state index in [0.29, 0.717) is 0 Å². The summed E-state index contributed by atoms with van der Waals surface area (Å²) in [4.78, 5) is 11.5. The Morgan fingerprint density at radius 1 is 1.00 bits per heavy atom. The van der Waals surface area contributed by atoms with Gasteiger partial charge in [-0.1, -0.05) is 5.21 Å². The molecule has 170 valence electrons. The van der Waals surface area contributed by atoms with E-state index in [0.717, 1.165) is 4.68 Å². The van der Waals surface area contributed by atoms with Crippen molar-refractivity contribution < 1.29 is 50.0 Å². The molecule has 0 radical (unpaired) electrons. The van der Waals surface area contributed by atoms with Crippen LogP contribution in [0.4, 0.5) is 0 Å². The number of hydrogen-bond donors (Lipinski definition) is 8. The van der Waals surface area contributed by atoms with Crippen LogP contribution in [0.5, 0.6) is 0 Å². The first kappa shape index (κ1) is 22.9. The molecule has 3 heterocycles. The molecule has 0 aliphatic carbocycles. The smallest absolute Gasteiger partial charge is 0.217 e. The maximum atomic E-state index is 11.5. The summed E-state index contributed by atoms with van der Waals surface area (Å²) in [6, 6.07) is -1.15. The molecule has 2 aliphatic heterocycles. The molecule has 3 rings (SSSR count). The maximum absolute atomic E-state index is 11.5. The van der Waals surface area contributed by atoms with E-state index < -0.39 is 80.2 Å². The second-order valence-electron chi connectivity index (χ2n) is 7.33. The molecule has 2 saturated heterocycles. The molecule has 2 aliphatic rings. The van der Waals surface area contributed by atoms with Gasteiger partial charge in [0.2, 0.25) is 5.91 Å². The molecule has 0 aromatic carbocycles. The lowest BCUT2D eigenvalue weighted by Crippen LogP contribution is -2.62. The van der Waals surface area contributed by atoms with Gasteiger partial charge in [0.1, 0.15) is 60.6 Å². The fraction of sp³-hybridized carbons (Fsp3) is 0.812. The summed E-state index contributed by atoms with van der Waals surface area (Å²) < 4.78 is 12.1. The standard InChI is InChI=1S/C16H26N4O10/c1-5(23)17-9-12(26)10(24)8(4-22)30-16(9)20-2-6(18-19-20)15-14(28)13(27)11(25)7(3-21)29-15/h2,7-16,21-22,24-28H,3-4H2,1H3,(H,17,23)/t7-,8-,9-,10-,11-,12-,13+,14+,15-,16-/m1/s1. The molecule has 0 spiro atoms. The van der Waals surface area contributed by atoms with Crippen molar-refractivity contribution >= 4 is 5.91 Å². The Morgan fingerprint density at radius 2 is 1.60 bits per heavy atom. The second kappa shape index (κ2) is 9.17. The Kier molecular flexibility index (Phi) is 7.01. The van der Waals surface area contributed by atoms with E-state index in [-0.39, 0.29) is 5.69 Å². The number of ether oxygens (including phenoxy) is 2. The van der Waals surface area contributed by atoms with Gasteiger partial charge in [0.15, 0.2) is 6.23 Å². The molecule has 14 nitrogen and oxygen atoms in total. The zero-order valence-electron chi connectivity index (χ0n) is 16.0. The predicted octanol–water partition coefficient (Wildman–Crippen LogP) is -5.09. The van der Waals surface area contributed by atoms with Gasteiger partial charge >= 0.3 is 0 Å². The highest BCUT2D eigenvalue weighted by Gasteiger charge is 2.48. The van der Waals surface area contributed by atoms with Gasteiger partial charge in [0.25, 0.3) is 0 Å². The molecule has 30 heavy (non-hydrogen) atoms. The van der Waals surface area contributed by atoms with Gasteiger partial charge in [-0.25, -0.2) is 4.68 Å². The number of rotatable bonds is 5. The van der Waals surface area contributed by atoms with Gasteiger partial charge in [0, 0.05) is 6.92 Å². The number of aromatic nitrogens is 3.